The molecule has 2 aliphatic rings. The summed E-state index contributed by atoms with van der Waals surface area (Å²) in [6, 6.07) is 0. The van der Waals surface area contributed by atoms with Gasteiger partial charge in [0.05, 0.1) is 13.2 Å². The molecule has 2 fully saturated rings. The molecule has 0 amide bonds. The van der Waals surface area contributed by atoms with Crippen LogP contribution in [0.3, 0.4) is 0 Å². The molecule has 0 aromatic carbocycles. The molecule has 13 heteroatoms. The van der Waals surface area contributed by atoms with Gasteiger partial charge in [0.2, 0.25) is 0 Å². The Labute approximate surface area is 140 Å². The first-order valence-corrected chi connectivity index (χ1v) is 7.31. The van der Waals surface area contributed by atoms with Crippen molar-refractivity contribution in [2.24, 2.45) is 0 Å². The molecule has 2 heterocycles. The molecule has 0 aromatic rings. The molecule has 25 heavy (non-hydrogen) atoms. The lowest BCUT2D eigenvalue weighted by atomic mass is 9.96. The maximum absolute atomic E-state index is 10.2. The quantitative estimate of drug-likeness (QED) is 0.206. The van der Waals surface area contributed by atoms with Crippen LogP contribution in [-0.4, -0.2) is 125 Å². The first-order valence-electron chi connectivity index (χ1n) is 7.31. The highest BCUT2D eigenvalue weighted by Gasteiger charge is 2.62. The van der Waals surface area contributed by atoms with E-state index in [-0.39, 0.29) is 0 Å². The van der Waals surface area contributed by atoms with Crippen LogP contribution in [0.15, 0.2) is 0 Å². The van der Waals surface area contributed by atoms with Crippen molar-refractivity contribution < 1.29 is 65.3 Å². The predicted octanol–water partition coefficient (Wildman–Crippen LogP) is -6.76. The van der Waals surface area contributed by atoms with Gasteiger partial charge in [-0.1, -0.05) is 0 Å². The molecule has 2 aliphatic heterocycles. The van der Waals surface area contributed by atoms with E-state index in [1.807, 2.05) is 0 Å². The van der Waals surface area contributed by atoms with Crippen LogP contribution in [0.2, 0.25) is 0 Å². The molecule has 2 saturated heterocycles. The van der Waals surface area contributed by atoms with E-state index in [1.54, 1.807) is 0 Å². The van der Waals surface area contributed by atoms with Gasteiger partial charge in [-0.05, 0) is 0 Å². The minimum atomic E-state index is -3.30. The Morgan fingerprint density at radius 1 is 0.640 bits per heavy atom. The minimum absolute atomic E-state index is 0.931. The van der Waals surface area contributed by atoms with Crippen LogP contribution in [0.1, 0.15) is 0 Å². The molecule has 0 aromatic heterocycles. The van der Waals surface area contributed by atoms with Gasteiger partial charge in [0.1, 0.15) is 36.6 Å². The van der Waals surface area contributed by atoms with Crippen molar-refractivity contribution in [2.45, 2.75) is 60.8 Å². The number of ether oxygens (including phenoxy) is 3. The molecular weight excluding hydrogens is 352 g/mol. The molecule has 2 unspecified atom stereocenters. The Bertz CT molecular complexity index is 420. The molecule has 0 bridgehead atoms. The summed E-state index contributed by atoms with van der Waals surface area (Å²) in [6.45, 7) is -1.86. The van der Waals surface area contributed by atoms with Gasteiger partial charge in [0.15, 0.2) is 12.2 Å². The fourth-order valence-corrected chi connectivity index (χ4v) is 2.63. The Morgan fingerprint density at radius 2 is 0.960 bits per heavy atom. The van der Waals surface area contributed by atoms with Gasteiger partial charge >= 0.3 is 11.9 Å². The van der Waals surface area contributed by atoms with E-state index in [0.29, 0.717) is 0 Å². The monoisotopic (exact) mass is 374 g/mol. The van der Waals surface area contributed by atoms with Crippen molar-refractivity contribution >= 4 is 0 Å². The van der Waals surface area contributed by atoms with E-state index >= 15 is 0 Å². The third-order valence-corrected chi connectivity index (χ3v) is 4.15. The fourth-order valence-electron chi connectivity index (χ4n) is 2.63. The summed E-state index contributed by atoms with van der Waals surface area (Å²) in [5.74, 6) is -6.60. The average Bonchev–Trinajstić information content (AvgIpc) is 2.58. The smallest absolute Gasteiger partial charge is 0.315 e. The maximum Gasteiger partial charge on any atom is 0.315 e. The second-order valence-corrected chi connectivity index (χ2v) is 5.89. The van der Waals surface area contributed by atoms with Crippen molar-refractivity contribution in [3.8, 4) is 0 Å². The highest BCUT2D eigenvalue weighted by molar-refractivity contribution is 4.96. The van der Waals surface area contributed by atoms with Crippen LogP contribution in [0.4, 0.5) is 0 Å². The van der Waals surface area contributed by atoms with E-state index in [9.17, 15) is 40.9 Å². The summed E-state index contributed by atoms with van der Waals surface area (Å²) in [5.41, 5.74) is 0. The molecule has 13 nitrogen and oxygen atoms in total. The average molecular weight is 374 g/mol. The van der Waals surface area contributed by atoms with Crippen LogP contribution in [0, 0.1) is 0 Å². The normalized spacial score (nSPS) is 54.5. The van der Waals surface area contributed by atoms with Crippen LogP contribution in [-0.2, 0) is 14.2 Å². The molecule has 10 N–H and O–H groups in total. The first-order chi connectivity index (χ1) is 11.5. The number of aliphatic hydroxyl groups excluding tert-OH is 8. The largest absolute Gasteiger partial charge is 0.394 e. The van der Waals surface area contributed by atoms with Gasteiger partial charge in [-0.15, -0.1) is 0 Å². The third-order valence-electron chi connectivity index (χ3n) is 4.15. The van der Waals surface area contributed by atoms with Crippen molar-refractivity contribution in [3.63, 3.8) is 0 Å². The van der Waals surface area contributed by atoms with Gasteiger partial charge in [0, 0.05) is 0 Å². The summed E-state index contributed by atoms with van der Waals surface area (Å²) in [7, 11) is 0. The second kappa shape index (κ2) is 7.24. The number of hydrogen-bond donors (Lipinski definition) is 10. The Balaban J connectivity index is 2.28. The standard InChI is InChI=1S/C12H22O13/c13-1-3-5(15)7(17)9(19)11(21,23-3)25-12(22)10(20)8(18)6(16)4(2-14)24-12/h3-10,13-22H,1-2H2/t3-,4-,5+,6+,7+,8+,9-,10-,11?,12?/m1/s1. The van der Waals surface area contributed by atoms with Crippen LogP contribution in [0.5, 0.6) is 0 Å². The highest BCUT2D eigenvalue weighted by atomic mass is 16.9. The summed E-state index contributed by atoms with van der Waals surface area (Å²) < 4.78 is 14.1. The summed E-state index contributed by atoms with van der Waals surface area (Å²) in [6.07, 6.45) is -16.0. The van der Waals surface area contributed by atoms with Crippen LogP contribution in [0.25, 0.3) is 0 Å². The lowest BCUT2D eigenvalue weighted by molar-refractivity contribution is -0.556. The lowest BCUT2D eigenvalue weighted by Crippen LogP contribution is -2.73. The van der Waals surface area contributed by atoms with Crippen molar-refractivity contribution in [2.75, 3.05) is 13.2 Å². The molecule has 0 aliphatic carbocycles. The highest BCUT2D eigenvalue weighted by Crippen LogP contribution is 2.37. The second-order valence-electron chi connectivity index (χ2n) is 5.89. The van der Waals surface area contributed by atoms with E-state index in [0.717, 1.165) is 0 Å². The van der Waals surface area contributed by atoms with E-state index in [2.05, 4.69) is 4.74 Å². The molecular formula is C12H22O13. The summed E-state index contributed by atoms with van der Waals surface area (Å²) in [5, 5.41) is 97.0. The number of hydrogen-bond acceptors (Lipinski definition) is 13. The zero-order valence-electron chi connectivity index (χ0n) is 12.7. The van der Waals surface area contributed by atoms with Crippen molar-refractivity contribution in [3.05, 3.63) is 0 Å². The van der Waals surface area contributed by atoms with Crippen molar-refractivity contribution in [1.29, 1.82) is 0 Å². The number of rotatable bonds is 4. The minimum Gasteiger partial charge on any atom is -0.394 e. The Hall–Kier alpha value is -0.520. The van der Waals surface area contributed by atoms with Crippen molar-refractivity contribution in [1.82, 2.24) is 0 Å². The fraction of sp³-hybridized carbons (Fsp3) is 1.00. The first kappa shape index (κ1) is 20.8. The van der Waals surface area contributed by atoms with Gasteiger partial charge < -0.3 is 60.5 Å². The van der Waals surface area contributed by atoms with E-state index in [1.165, 1.54) is 0 Å². The van der Waals surface area contributed by atoms with Crippen LogP contribution < -0.4 is 0 Å². The predicted molar refractivity (Wildman–Crippen MR) is 70.9 cm³/mol. The maximum atomic E-state index is 10.2. The lowest BCUT2D eigenvalue weighted by Gasteiger charge is -2.50. The van der Waals surface area contributed by atoms with Gasteiger partial charge in [-0.2, -0.15) is 0 Å². The summed E-state index contributed by atoms with van der Waals surface area (Å²) >= 11 is 0. The van der Waals surface area contributed by atoms with E-state index < -0.39 is 74.0 Å². The molecule has 0 radical (unpaired) electrons. The SMILES string of the molecule is OC[C@H]1OC(O)(OC2(O)O[C@H](CO)[C@H](O)[C@H](O)[C@H]2O)[C@H](O)[C@@H](O)[C@H]1O. The van der Waals surface area contributed by atoms with Gasteiger partial charge in [-0.25, -0.2) is 0 Å². The van der Waals surface area contributed by atoms with Gasteiger partial charge in [0.25, 0.3) is 0 Å². The zero-order valence-corrected chi connectivity index (χ0v) is 12.7. The van der Waals surface area contributed by atoms with Crippen LogP contribution >= 0.6 is 0 Å². The third kappa shape index (κ3) is 3.52. The number of aliphatic hydroxyl groups is 10. The van der Waals surface area contributed by atoms with E-state index in [4.69, 9.17) is 19.7 Å². The Morgan fingerprint density at radius 3 is 1.24 bits per heavy atom. The molecule has 2 rings (SSSR count). The molecule has 0 saturated carbocycles. The zero-order chi connectivity index (χ0) is 19.2. The topological polar surface area (TPSA) is 230 Å². The molecule has 148 valence electrons. The molecule has 0 spiro atoms. The van der Waals surface area contributed by atoms with Gasteiger partial charge in [-0.3, -0.25) is 4.74 Å². The molecule has 10 atom stereocenters. The summed E-state index contributed by atoms with van der Waals surface area (Å²) in [4.78, 5) is 0. The Kier molecular flexibility index (Phi) is 6.02.